The van der Waals surface area contributed by atoms with Gasteiger partial charge < -0.3 is 20.4 Å². The molecule has 38 heavy (non-hydrogen) atoms. The van der Waals surface area contributed by atoms with E-state index in [2.05, 4.69) is 37.6 Å². The van der Waals surface area contributed by atoms with Gasteiger partial charge in [-0.2, -0.15) is 23.3 Å². The zero-order valence-corrected chi connectivity index (χ0v) is 21.7. The summed E-state index contributed by atoms with van der Waals surface area (Å²) in [5, 5.41) is 10.2. The minimum Gasteiger partial charge on any atom is -0.369 e. The molecule has 9 nitrogen and oxygen atoms in total. The summed E-state index contributed by atoms with van der Waals surface area (Å²) in [6.07, 6.45) is -0.834. The first kappa shape index (κ1) is 28.0. The maximum atomic E-state index is 13.6. The number of alkyl halides is 5. The first-order valence-corrected chi connectivity index (χ1v) is 12.6. The van der Waals surface area contributed by atoms with Crippen LogP contribution in [0.3, 0.4) is 0 Å². The van der Waals surface area contributed by atoms with Crippen LogP contribution in [-0.2, 0) is 11.0 Å². The van der Waals surface area contributed by atoms with Gasteiger partial charge >= 0.3 is 6.18 Å². The van der Waals surface area contributed by atoms with Crippen LogP contribution in [0.2, 0.25) is 0 Å². The minimum absolute atomic E-state index is 0.00950. The van der Waals surface area contributed by atoms with Crippen LogP contribution in [-0.4, -0.2) is 81.7 Å². The van der Waals surface area contributed by atoms with Gasteiger partial charge in [0.1, 0.15) is 11.4 Å². The number of nitrogens with zero attached hydrogens (tertiary/aromatic N) is 6. The Bertz CT molecular complexity index is 1120. The molecule has 0 atom stereocenters. The molecular weight excluding hydrogens is 511 g/mol. The van der Waals surface area contributed by atoms with E-state index in [4.69, 9.17) is 0 Å². The van der Waals surface area contributed by atoms with E-state index in [1.165, 1.54) is 11.9 Å². The molecule has 0 radical (unpaired) electrons. The fraction of sp³-hybridized carbons (Fsp3) is 0.667. The lowest BCUT2D eigenvalue weighted by Crippen LogP contribution is -2.45. The van der Waals surface area contributed by atoms with Crippen molar-refractivity contribution in [2.45, 2.75) is 57.2 Å². The first-order valence-electron chi connectivity index (χ1n) is 12.6. The van der Waals surface area contributed by atoms with Gasteiger partial charge in [0, 0.05) is 51.3 Å². The van der Waals surface area contributed by atoms with Gasteiger partial charge in [0.2, 0.25) is 17.8 Å². The second kappa shape index (κ2) is 11.0. The van der Waals surface area contributed by atoms with Gasteiger partial charge in [0.15, 0.2) is 0 Å². The number of nitrogens with one attached hydrogen (secondary N) is 2. The van der Waals surface area contributed by atoms with Crippen LogP contribution < -0.4 is 10.6 Å². The summed E-state index contributed by atoms with van der Waals surface area (Å²) in [5.41, 5.74) is 0.276. The van der Waals surface area contributed by atoms with Gasteiger partial charge in [0.05, 0.1) is 17.4 Å². The average Bonchev–Trinajstić information content (AvgIpc) is 3.19. The topological polar surface area (TPSA) is 91.2 Å². The summed E-state index contributed by atoms with van der Waals surface area (Å²) in [6.45, 7) is 4.03. The van der Waals surface area contributed by atoms with Crippen molar-refractivity contribution >= 4 is 23.4 Å². The minimum atomic E-state index is -4.67. The first-order chi connectivity index (χ1) is 17.8. The number of piperidine rings is 1. The smallest absolute Gasteiger partial charge is 0.369 e. The number of carbonyl (C=O) groups is 1. The average molecular weight is 545 g/mol. The lowest BCUT2D eigenvalue weighted by molar-refractivity contribution is -0.158. The molecule has 1 aliphatic carbocycles. The second-order valence-corrected chi connectivity index (χ2v) is 10.2. The Hall–Kier alpha value is -3.03. The third-order valence-corrected chi connectivity index (χ3v) is 7.10. The second-order valence-electron chi connectivity index (χ2n) is 10.2. The monoisotopic (exact) mass is 544 g/mol. The highest BCUT2D eigenvalue weighted by atomic mass is 19.4. The molecule has 2 fully saturated rings. The van der Waals surface area contributed by atoms with E-state index in [1.807, 2.05) is 10.9 Å². The molecule has 0 aromatic carbocycles. The molecule has 1 amide bonds. The van der Waals surface area contributed by atoms with E-state index in [-0.39, 0.29) is 36.8 Å². The molecule has 0 bridgehead atoms. The number of hydrogen-bond acceptors (Lipinski definition) is 7. The number of aromatic nitrogens is 4. The molecule has 1 aliphatic heterocycles. The number of halogens is 5. The van der Waals surface area contributed by atoms with Gasteiger partial charge in [-0.1, -0.05) is 0 Å². The summed E-state index contributed by atoms with van der Waals surface area (Å²) >= 11 is 0. The van der Waals surface area contributed by atoms with E-state index in [9.17, 15) is 26.7 Å². The molecule has 0 unspecified atom stereocenters. The SMILES string of the molecule is Cc1nn(C2CCN(C)CC2)cc1Nc1ncc(C(F)(F)F)c(NCCCN(C)C(=O)C2CC(F)(F)C2)n1. The van der Waals surface area contributed by atoms with Crippen LogP contribution in [0, 0.1) is 12.8 Å². The Morgan fingerprint density at radius 1 is 1.24 bits per heavy atom. The summed E-state index contributed by atoms with van der Waals surface area (Å²) in [7, 11) is 3.57. The fourth-order valence-corrected chi connectivity index (χ4v) is 4.74. The van der Waals surface area contributed by atoms with Crippen molar-refractivity contribution in [2.24, 2.45) is 5.92 Å². The van der Waals surface area contributed by atoms with Crippen molar-refractivity contribution in [1.29, 1.82) is 0 Å². The van der Waals surface area contributed by atoms with Crippen LogP contribution in [0.5, 0.6) is 0 Å². The Morgan fingerprint density at radius 3 is 2.55 bits per heavy atom. The molecule has 2 aromatic heterocycles. The van der Waals surface area contributed by atoms with Crippen LogP contribution in [0.4, 0.5) is 39.4 Å². The number of anilines is 3. The highest BCUT2D eigenvalue weighted by Gasteiger charge is 2.49. The summed E-state index contributed by atoms with van der Waals surface area (Å²) in [6, 6.07) is 0.247. The molecule has 2 aromatic rings. The van der Waals surface area contributed by atoms with Gasteiger partial charge in [-0.05, 0) is 46.3 Å². The standard InChI is InChI=1S/C24H33F5N8O/c1-15-19(14-37(34-15)17-5-9-35(2)10-6-17)32-22-31-13-18(24(27,28)29)20(33-22)30-7-4-8-36(3)21(38)16-11-23(25,26)12-16/h13-14,16-17H,4-12H2,1-3H3,(H2,30,31,32,33). The predicted molar refractivity (Wildman–Crippen MR) is 131 cm³/mol. The third-order valence-electron chi connectivity index (χ3n) is 7.10. The van der Waals surface area contributed by atoms with Crippen molar-refractivity contribution in [3.63, 3.8) is 0 Å². The molecule has 3 heterocycles. The molecule has 4 rings (SSSR count). The van der Waals surface area contributed by atoms with Crippen molar-refractivity contribution in [2.75, 3.05) is 50.9 Å². The fourth-order valence-electron chi connectivity index (χ4n) is 4.74. The zero-order valence-electron chi connectivity index (χ0n) is 21.7. The Morgan fingerprint density at radius 2 is 1.92 bits per heavy atom. The quantitative estimate of drug-likeness (QED) is 0.359. The lowest BCUT2D eigenvalue weighted by Gasteiger charge is -2.36. The van der Waals surface area contributed by atoms with E-state index in [0.29, 0.717) is 17.8 Å². The van der Waals surface area contributed by atoms with Gasteiger partial charge in [-0.3, -0.25) is 9.48 Å². The number of hydrogen-bond donors (Lipinski definition) is 2. The van der Waals surface area contributed by atoms with Gasteiger partial charge in [-0.15, -0.1) is 0 Å². The van der Waals surface area contributed by atoms with Crippen LogP contribution in [0.1, 0.15) is 49.4 Å². The molecule has 2 aliphatic rings. The molecule has 14 heteroatoms. The summed E-state index contributed by atoms with van der Waals surface area (Å²) in [4.78, 5) is 23.7. The predicted octanol–water partition coefficient (Wildman–Crippen LogP) is 4.32. The van der Waals surface area contributed by atoms with Crippen molar-refractivity contribution in [3.8, 4) is 0 Å². The lowest BCUT2D eigenvalue weighted by atomic mass is 9.80. The van der Waals surface area contributed by atoms with E-state index in [1.54, 1.807) is 6.92 Å². The number of amides is 1. The molecule has 210 valence electrons. The van der Waals surface area contributed by atoms with E-state index >= 15 is 0 Å². The number of carbonyl (C=O) groups excluding carboxylic acids is 1. The molecule has 1 saturated heterocycles. The summed E-state index contributed by atoms with van der Waals surface area (Å²) < 4.78 is 68.7. The van der Waals surface area contributed by atoms with Crippen molar-refractivity contribution in [3.05, 3.63) is 23.7 Å². The van der Waals surface area contributed by atoms with Gasteiger partial charge in [0.25, 0.3) is 0 Å². The van der Waals surface area contributed by atoms with Gasteiger partial charge in [-0.25, -0.2) is 13.8 Å². The van der Waals surface area contributed by atoms with E-state index < -0.39 is 36.4 Å². The maximum absolute atomic E-state index is 13.6. The normalized spacial score (nSPS) is 18.7. The molecule has 2 N–H and O–H groups in total. The number of rotatable bonds is 9. The summed E-state index contributed by atoms with van der Waals surface area (Å²) in [5.74, 6) is -4.27. The van der Waals surface area contributed by atoms with E-state index in [0.717, 1.165) is 32.1 Å². The Labute approximate surface area is 217 Å². The molecule has 0 spiro atoms. The number of likely N-dealkylation sites (tertiary alicyclic amines) is 1. The van der Waals surface area contributed by atoms with Crippen LogP contribution >= 0.6 is 0 Å². The third kappa shape index (κ3) is 6.69. The highest BCUT2D eigenvalue weighted by Crippen LogP contribution is 2.43. The Balaban J connectivity index is 1.37. The largest absolute Gasteiger partial charge is 0.421 e. The zero-order chi connectivity index (χ0) is 27.7. The van der Waals surface area contributed by atoms with Crippen LogP contribution in [0.15, 0.2) is 12.4 Å². The maximum Gasteiger partial charge on any atom is 0.421 e. The Kier molecular flexibility index (Phi) is 8.09. The molecule has 1 saturated carbocycles. The highest BCUT2D eigenvalue weighted by molar-refractivity contribution is 5.79. The molecular formula is C24H33F5N8O. The van der Waals surface area contributed by atoms with Crippen molar-refractivity contribution < 1.29 is 26.7 Å². The van der Waals surface area contributed by atoms with Crippen LogP contribution in [0.25, 0.3) is 0 Å². The number of aryl methyl sites for hydroxylation is 1. The van der Waals surface area contributed by atoms with Crippen molar-refractivity contribution in [1.82, 2.24) is 29.5 Å².